The van der Waals surface area contributed by atoms with E-state index in [0.29, 0.717) is 28.1 Å². The number of thiophene rings is 1. The Morgan fingerprint density at radius 1 is 0.972 bits per heavy atom. The third-order valence-electron chi connectivity index (χ3n) is 6.99. The van der Waals surface area contributed by atoms with Gasteiger partial charge in [-0.25, -0.2) is 8.42 Å². The van der Waals surface area contributed by atoms with Crippen molar-refractivity contribution in [1.82, 2.24) is 9.21 Å². The van der Waals surface area contributed by atoms with Crippen molar-refractivity contribution in [3.63, 3.8) is 0 Å². The minimum Gasteiger partial charge on any atom is -0.272 e. The quantitative estimate of drug-likeness (QED) is 0.325. The normalized spacial score (nSPS) is 18.1. The molecular weight excluding hydrogens is 516 g/mol. The molecule has 0 aliphatic carbocycles. The van der Waals surface area contributed by atoms with Crippen LogP contribution >= 0.6 is 22.9 Å². The lowest BCUT2D eigenvalue weighted by molar-refractivity contribution is 0.0616. The number of hydrogen-bond acceptors (Lipinski definition) is 5. The minimum atomic E-state index is -3.94. The second kappa shape index (κ2) is 8.52. The van der Waals surface area contributed by atoms with Gasteiger partial charge in [0, 0.05) is 16.3 Å². The van der Waals surface area contributed by atoms with Gasteiger partial charge in [0.15, 0.2) is 0 Å². The van der Waals surface area contributed by atoms with Crippen LogP contribution in [0.15, 0.2) is 70.9 Å². The molecule has 2 aliphatic rings. The van der Waals surface area contributed by atoms with Gasteiger partial charge in [0.25, 0.3) is 21.8 Å². The number of carbonyl (C=O) groups is 2. The molecule has 0 spiro atoms. The molecule has 36 heavy (non-hydrogen) atoms. The average Bonchev–Trinajstić information content (AvgIpc) is 3.33. The number of amides is 2. The minimum absolute atomic E-state index is 0.0572. The molecule has 182 valence electrons. The van der Waals surface area contributed by atoms with Gasteiger partial charge in [0.2, 0.25) is 0 Å². The van der Waals surface area contributed by atoms with Gasteiger partial charge in [-0.2, -0.15) is 4.31 Å². The summed E-state index contributed by atoms with van der Waals surface area (Å²) in [6.07, 6.45) is 0.545. The Kier molecular flexibility index (Phi) is 5.53. The maximum absolute atomic E-state index is 14.2. The number of aryl methyl sites for hydroxylation is 1. The monoisotopic (exact) mass is 536 g/mol. The van der Waals surface area contributed by atoms with Gasteiger partial charge in [-0.3, -0.25) is 14.5 Å². The van der Waals surface area contributed by atoms with Crippen molar-refractivity contribution in [3.05, 3.63) is 99.6 Å². The van der Waals surface area contributed by atoms with Gasteiger partial charge in [-0.05, 0) is 65.8 Å². The highest BCUT2D eigenvalue weighted by Crippen LogP contribution is 2.41. The molecule has 9 heteroatoms. The van der Waals surface area contributed by atoms with Crippen molar-refractivity contribution >= 4 is 54.9 Å². The summed E-state index contributed by atoms with van der Waals surface area (Å²) >= 11 is 7.39. The Bertz CT molecular complexity index is 1640. The Morgan fingerprint density at radius 3 is 2.36 bits per heavy atom. The average molecular weight is 537 g/mol. The first-order chi connectivity index (χ1) is 17.3. The van der Waals surface area contributed by atoms with Gasteiger partial charge < -0.3 is 0 Å². The number of rotatable bonds is 4. The van der Waals surface area contributed by atoms with E-state index in [0.717, 1.165) is 21.2 Å². The first-order valence-electron chi connectivity index (χ1n) is 11.5. The van der Waals surface area contributed by atoms with E-state index in [1.807, 2.05) is 30.3 Å². The maximum Gasteiger partial charge on any atom is 0.261 e. The second-order valence-corrected chi connectivity index (χ2v) is 12.6. The Labute approximate surface area is 217 Å². The van der Waals surface area contributed by atoms with Crippen molar-refractivity contribution in [2.75, 3.05) is 13.1 Å². The van der Waals surface area contributed by atoms with Crippen LogP contribution in [0, 0.1) is 6.92 Å². The summed E-state index contributed by atoms with van der Waals surface area (Å²) < 4.78 is 30.9. The van der Waals surface area contributed by atoms with E-state index < -0.39 is 27.9 Å². The molecule has 0 bridgehead atoms. The standard InChI is InChI=1S/C27H21ClN2O4S2/c1-16-22-14-18(28)10-11-24(22)35-27(16)36(33,34)30-13-12-17-6-2-3-7-19(17)23(30)15-29-25(31)20-8-4-5-9-21(20)26(29)32/h2-11,14,23H,12-13,15H2,1H3. The number of sulfonamides is 1. The van der Waals surface area contributed by atoms with Crippen molar-refractivity contribution < 1.29 is 18.0 Å². The molecule has 3 aromatic carbocycles. The molecule has 0 saturated carbocycles. The zero-order valence-electron chi connectivity index (χ0n) is 19.3. The zero-order valence-corrected chi connectivity index (χ0v) is 21.7. The van der Waals surface area contributed by atoms with Crippen LogP contribution in [0.25, 0.3) is 10.1 Å². The molecule has 4 aromatic rings. The van der Waals surface area contributed by atoms with E-state index in [-0.39, 0.29) is 17.3 Å². The molecule has 0 saturated heterocycles. The molecule has 0 fully saturated rings. The first kappa shape index (κ1) is 23.4. The van der Waals surface area contributed by atoms with Crippen molar-refractivity contribution in [2.24, 2.45) is 0 Å². The van der Waals surface area contributed by atoms with Crippen LogP contribution in [-0.2, 0) is 16.4 Å². The predicted molar refractivity (Wildman–Crippen MR) is 140 cm³/mol. The molecule has 1 atom stereocenters. The van der Waals surface area contributed by atoms with Crippen LogP contribution in [0.3, 0.4) is 0 Å². The lowest BCUT2D eigenvalue weighted by Crippen LogP contribution is -2.46. The summed E-state index contributed by atoms with van der Waals surface area (Å²) in [7, 11) is -3.94. The lowest BCUT2D eigenvalue weighted by atomic mass is 9.94. The molecule has 1 unspecified atom stereocenters. The van der Waals surface area contributed by atoms with E-state index >= 15 is 0 Å². The zero-order chi connectivity index (χ0) is 25.2. The predicted octanol–water partition coefficient (Wildman–Crippen LogP) is 5.45. The van der Waals surface area contributed by atoms with E-state index in [2.05, 4.69) is 0 Å². The van der Waals surface area contributed by atoms with Gasteiger partial charge in [0.05, 0.1) is 23.7 Å². The Morgan fingerprint density at radius 2 is 1.64 bits per heavy atom. The molecule has 6 rings (SSSR count). The van der Waals surface area contributed by atoms with E-state index in [1.54, 1.807) is 43.3 Å². The van der Waals surface area contributed by atoms with E-state index in [4.69, 9.17) is 11.6 Å². The summed E-state index contributed by atoms with van der Waals surface area (Å²) in [5.41, 5.74) is 3.17. The largest absolute Gasteiger partial charge is 0.272 e. The third kappa shape index (κ3) is 3.51. The summed E-state index contributed by atoms with van der Waals surface area (Å²) in [6.45, 7) is 1.99. The molecule has 0 radical (unpaired) electrons. The summed E-state index contributed by atoms with van der Waals surface area (Å²) in [5.74, 6) is -0.799. The summed E-state index contributed by atoms with van der Waals surface area (Å²) in [4.78, 5) is 27.5. The van der Waals surface area contributed by atoms with Crippen LogP contribution in [0.4, 0.5) is 0 Å². The molecule has 1 aromatic heterocycles. The fraction of sp³-hybridized carbons (Fsp3) is 0.185. The van der Waals surface area contributed by atoms with Gasteiger partial charge >= 0.3 is 0 Å². The van der Waals surface area contributed by atoms with Crippen LogP contribution in [0.1, 0.15) is 43.4 Å². The fourth-order valence-electron chi connectivity index (χ4n) is 5.21. The number of fused-ring (bicyclic) bond motifs is 3. The molecular formula is C27H21ClN2O4S2. The number of imide groups is 1. The molecule has 3 heterocycles. The highest BCUT2D eigenvalue weighted by Gasteiger charge is 2.43. The van der Waals surface area contributed by atoms with Crippen LogP contribution in [0.2, 0.25) is 5.02 Å². The number of carbonyl (C=O) groups excluding carboxylic acids is 2. The van der Waals surface area contributed by atoms with Crippen LogP contribution in [-0.4, -0.2) is 42.5 Å². The van der Waals surface area contributed by atoms with Gasteiger partial charge in [-0.15, -0.1) is 11.3 Å². The van der Waals surface area contributed by atoms with E-state index in [1.165, 1.54) is 20.5 Å². The van der Waals surface area contributed by atoms with Crippen molar-refractivity contribution in [3.8, 4) is 0 Å². The number of halogens is 1. The fourth-order valence-corrected chi connectivity index (χ4v) is 8.83. The molecule has 6 nitrogen and oxygen atoms in total. The summed E-state index contributed by atoms with van der Waals surface area (Å²) in [5, 5.41) is 1.35. The van der Waals surface area contributed by atoms with Crippen LogP contribution < -0.4 is 0 Å². The smallest absolute Gasteiger partial charge is 0.261 e. The molecule has 2 aliphatic heterocycles. The Hall–Kier alpha value is -3.04. The first-order valence-corrected chi connectivity index (χ1v) is 14.1. The number of benzene rings is 3. The van der Waals surface area contributed by atoms with E-state index in [9.17, 15) is 18.0 Å². The topological polar surface area (TPSA) is 74.8 Å². The highest BCUT2D eigenvalue weighted by molar-refractivity contribution is 7.91. The highest BCUT2D eigenvalue weighted by atomic mass is 35.5. The third-order valence-corrected chi connectivity index (χ3v) is 11.0. The number of nitrogens with zero attached hydrogens (tertiary/aromatic N) is 2. The number of hydrogen-bond donors (Lipinski definition) is 0. The second-order valence-electron chi connectivity index (χ2n) is 9.00. The maximum atomic E-state index is 14.2. The van der Waals surface area contributed by atoms with Gasteiger partial charge in [0.1, 0.15) is 4.21 Å². The lowest BCUT2D eigenvalue weighted by Gasteiger charge is -2.37. The van der Waals surface area contributed by atoms with Gasteiger partial charge in [-0.1, -0.05) is 48.0 Å². The van der Waals surface area contributed by atoms with Crippen LogP contribution in [0.5, 0.6) is 0 Å². The van der Waals surface area contributed by atoms with Crippen molar-refractivity contribution in [2.45, 2.75) is 23.6 Å². The molecule has 2 amide bonds. The van der Waals surface area contributed by atoms with Crippen molar-refractivity contribution in [1.29, 1.82) is 0 Å². The molecule has 0 N–H and O–H groups in total. The SMILES string of the molecule is Cc1c(S(=O)(=O)N2CCc3ccccc3C2CN2C(=O)c3ccccc3C2=O)sc2ccc(Cl)cc12. The Balaban J connectivity index is 1.45. The summed E-state index contributed by atoms with van der Waals surface area (Å²) in [6, 6.07) is 19.0.